The number of nitrogens with one attached hydrogen (secondary N) is 1. The minimum absolute atomic E-state index is 0.0888. The van der Waals surface area contributed by atoms with E-state index in [4.69, 9.17) is 0 Å². The zero-order valence-electron chi connectivity index (χ0n) is 11.4. The summed E-state index contributed by atoms with van der Waals surface area (Å²) >= 11 is 1.16. The molecule has 2 aromatic rings. The first-order chi connectivity index (χ1) is 9.78. The minimum atomic E-state index is -4.32. The predicted molar refractivity (Wildman–Crippen MR) is 71.4 cm³/mol. The molecular weight excluding hydrogens is 305 g/mol. The summed E-state index contributed by atoms with van der Waals surface area (Å²) in [4.78, 5) is 16.0. The first-order valence-corrected chi connectivity index (χ1v) is 7.01. The van der Waals surface area contributed by atoms with Crippen molar-refractivity contribution in [3.63, 3.8) is 0 Å². The Morgan fingerprint density at radius 3 is 2.71 bits per heavy atom. The largest absolute Gasteiger partial charge is 0.406 e. The maximum absolute atomic E-state index is 12.5. The van der Waals surface area contributed by atoms with Gasteiger partial charge in [0, 0.05) is 17.0 Å². The molecule has 9 heteroatoms. The number of ketones is 1. The van der Waals surface area contributed by atoms with Crippen LogP contribution >= 0.6 is 11.8 Å². The van der Waals surface area contributed by atoms with Crippen molar-refractivity contribution in [2.75, 3.05) is 5.75 Å². The molecule has 0 aromatic carbocycles. The fourth-order valence-electron chi connectivity index (χ4n) is 1.98. The molecule has 0 aliphatic carbocycles. The fraction of sp³-hybridized carbons (Fsp3) is 0.417. The number of alkyl halides is 3. The van der Waals surface area contributed by atoms with E-state index < -0.39 is 12.7 Å². The van der Waals surface area contributed by atoms with Gasteiger partial charge in [0.2, 0.25) is 0 Å². The van der Waals surface area contributed by atoms with Crippen LogP contribution in [0.5, 0.6) is 0 Å². The van der Waals surface area contributed by atoms with Gasteiger partial charge < -0.3 is 4.57 Å². The quantitative estimate of drug-likeness (QED) is 0.680. The van der Waals surface area contributed by atoms with Gasteiger partial charge in [-0.1, -0.05) is 11.8 Å². The molecule has 1 N–H and O–H groups in total. The van der Waals surface area contributed by atoms with Crippen LogP contribution in [0.4, 0.5) is 13.2 Å². The van der Waals surface area contributed by atoms with Gasteiger partial charge in [0.05, 0.1) is 5.75 Å². The van der Waals surface area contributed by atoms with E-state index in [9.17, 15) is 18.0 Å². The van der Waals surface area contributed by atoms with Crippen LogP contribution in [0.2, 0.25) is 0 Å². The Balaban J connectivity index is 2.13. The summed E-state index contributed by atoms with van der Waals surface area (Å²) in [6.45, 7) is 1.98. The summed E-state index contributed by atoms with van der Waals surface area (Å²) in [6.07, 6.45) is -2.99. The molecule has 0 saturated heterocycles. The van der Waals surface area contributed by atoms with Crippen molar-refractivity contribution in [1.82, 2.24) is 19.7 Å². The lowest BCUT2D eigenvalue weighted by Gasteiger charge is -2.12. The molecule has 2 heterocycles. The second-order valence-corrected chi connectivity index (χ2v) is 5.45. The number of thioether (sulfide) groups is 1. The van der Waals surface area contributed by atoms with Crippen molar-refractivity contribution < 1.29 is 18.0 Å². The van der Waals surface area contributed by atoms with Crippen molar-refractivity contribution in [3.8, 4) is 0 Å². The molecule has 2 rings (SSSR count). The van der Waals surface area contributed by atoms with Crippen molar-refractivity contribution in [2.45, 2.75) is 31.7 Å². The molecule has 0 fully saturated rings. The van der Waals surface area contributed by atoms with Gasteiger partial charge in [-0.05, 0) is 19.9 Å². The highest BCUT2D eigenvalue weighted by Crippen LogP contribution is 2.24. The van der Waals surface area contributed by atoms with Gasteiger partial charge in [-0.3, -0.25) is 9.89 Å². The topological polar surface area (TPSA) is 63.6 Å². The Kier molecular flexibility index (Phi) is 4.40. The van der Waals surface area contributed by atoms with Crippen LogP contribution in [0.15, 0.2) is 17.6 Å². The van der Waals surface area contributed by atoms with Gasteiger partial charge in [-0.25, -0.2) is 4.98 Å². The van der Waals surface area contributed by atoms with Gasteiger partial charge in [0.15, 0.2) is 10.9 Å². The summed E-state index contributed by atoms with van der Waals surface area (Å²) in [6, 6.07) is 1.49. The smallest absolute Gasteiger partial charge is 0.339 e. The lowest BCUT2D eigenvalue weighted by molar-refractivity contribution is -0.141. The summed E-state index contributed by atoms with van der Waals surface area (Å²) in [7, 11) is 0. The number of aromatic amines is 1. The molecule has 0 saturated carbocycles. The number of rotatable bonds is 5. The highest BCUT2D eigenvalue weighted by molar-refractivity contribution is 7.99. The third kappa shape index (κ3) is 3.87. The number of aryl methyl sites for hydroxylation is 1. The van der Waals surface area contributed by atoms with E-state index in [1.807, 2.05) is 0 Å². The number of aromatic nitrogens is 4. The molecule has 0 aliphatic rings. The number of carbonyl (C=O) groups excluding carboxylic acids is 1. The maximum atomic E-state index is 12.5. The predicted octanol–water partition coefficient (Wildman–Crippen LogP) is 2.76. The average Bonchev–Trinajstić information content (AvgIpc) is 2.98. The third-order valence-corrected chi connectivity index (χ3v) is 3.82. The van der Waals surface area contributed by atoms with E-state index in [2.05, 4.69) is 15.2 Å². The van der Waals surface area contributed by atoms with Crippen LogP contribution in [0, 0.1) is 13.8 Å². The number of carbonyl (C=O) groups is 1. The molecule has 0 aliphatic heterocycles. The van der Waals surface area contributed by atoms with Crippen LogP contribution in [0.3, 0.4) is 0 Å². The Morgan fingerprint density at radius 2 is 2.14 bits per heavy atom. The van der Waals surface area contributed by atoms with Gasteiger partial charge >= 0.3 is 6.18 Å². The fourth-order valence-corrected chi connectivity index (χ4v) is 2.64. The second kappa shape index (κ2) is 5.92. The highest BCUT2D eigenvalue weighted by atomic mass is 32.2. The first-order valence-electron chi connectivity index (χ1n) is 6.03. The second-order valence-electron chi connectivity index (χ2n) is 4.49. The average molecular weight is 318 g/mol. The normalized spacial score (nSPS) is 11.9. The number of halogens is 3. The van der Waals surface area contributed by atoms with E-state index in [0.717, 1.165) is 16.3 Å². The number of hydrogen-bond acceptors (Lipinski definition) is 4. The van der Waals surface area contributed by atoms with E-state index >= 15 is 0 Å². The van der Waals surface area contributed by atoms with Crippen molar-refractivity contribution in [3.05, 3.63) is 29.3 Å². The van der Waals surface area contributed by atoms with Gasteiger partial charge in [-0.2, -0.15) is 18.3 Å². The molecule has 0 unspecified atom stereocenters. The lowest BCUT2D eigenvalue weighted by atomic mass is 10.2. The minimum Gasteiger partial charge on any atom is -0.339 e. The lowest BCUT2D eigenvalue weighted by Crippen LogP contribution is -2.19. The van der Waals surface area contributed by atoms with Crippen LogP contribution < -0.4 is 0 Å². The van der Waals surface area contributed by atoms with Crippen LogP contribution in [-0.4, -0.2) is 37.5 Å². The van der Waals surface area contributed by atoms with E-state index in [1.54, 1.807) is 6.92 Å². The molecule has 0 spiro atoms. The van der Waals surface area contributed by atoms with E-state index in [0.29, 0.717) is 22.1 Å². The SMILES string of the molecule is Cc1cc(C(=O)CSc2ncn[nH]2)c(C)n1CC(F)(F)F. The van der Waals surface area contributed by atoms with Crippen LogP contribution in [-0.2, 0) is 6.54 Å². The molecule has 21 heavy (non-hydrogen) atoms. The van der Waals surface area contributed by atoms with Crippen molar-refractivity contribution in [1.29, 1.82) is 0 Å². The molecule has 0 atom stereocenters. The Morgan fingerprint density at radius 1 is 1.43 bits per heavy atom. The standard InChI is InChI=1S/C12H13F3N4OS/c1-7-3-9(8(2)19(7)5-12(13,14)15)10(20)4-21-11-16-6-17-18-11/h3,6H,4-5H2,1-2H3,(H,16,17,18). The third-order valence-electron chi connectivity index (χ3n) is 2.94. The molecule has 0 radical (unpaired) electrons. The molecular formula is C12H13F3N4OS. The zero-order valence-corrected chi connectivity index (χ0v) is 12.2. The Labute approximate surface area is 122 Å². The van der Waals surface area contributed by atoms with Crippen LogP contribution in [0.25, 0.3) is 0 Å². The maximum Gasteiger partial charge on any atom is 0.406 e. The first kappa shape index (κ1) is 15.6. The summed E-state index contributed by atoms with van der Waals surface area (Å²) in [5.41, 5.74) is 1.05. The summed E-state index contributed by atoms with van der Waals surface area (Å²) in [5.74, 6) is -0.149. The Bertz CT molecular complexity index is 634. The van der Waals surface area contributed by atoms with Crippen molar-refractivity contribution in [2.24, 2.45) is 0 Å². The number of Topliss-reactive ketones (excluding diaryl/α,β-unsaturated/α-hetero) is 1. The molecule has 114 valence electrons. The van der Waals surface area contributed by atoms with Crippen molar-refractivity contribution >= 4 is 17.5 Å². The molecule has 0 bridgehead atoms. The molecule has 5 nitrogen and oxygen atoms in total. The van der Waals surface area contributed by atoms with Gasteiger partial charge in [0.25, 0.3) is 0 Å². The Hall–Kier alpha value is -1.77. The summed E-state index contributed by atoms with van der Waals surface area (Å²) in [5, 5.41) is 6.75. The van der Waals surface area contributed by atoms with E-state index in [-0.39, 0.29) is 11.5 Å². The van der Waals surface area contributed by atoms with Gasteiger partial charge in [-0.15, -0.1) is 0 Å². The zero-order chi connectivity index (χ0) is 15.6. The van der Waals surface area contributed by atoms with Crippen LogP contribution in [0.1, 0.15) is 21.7 Å². The number of nitrogens with zero attached hydrogens (tertiary/aromatic N) is 3. The van der Waals surface area contributed by atoms with Gasteiger partial charge in [0.1, 0.15) is 12.9 Å². The highest BCUT2D eigenvalue weighted by Gasteiger charge is 2.30. The molecule has 0 amide bonds. The number of H-pyrrole nitrogens is 1. The van der Waals surface area contributed by atoms with E-state index in [1.165, 1.54) is 19.3 Å². The molecule has 2 aromatic heterocycles. The number of hydrogen-bond donors (Lipinski definition) is 1. The summed E-state index contributed by atoms with van der Waals surface area (Å²) < 4.78 is 38.7. The monoisotopic (exact) mass is 318 g/mol.